The first-order valence-corrected chi connectivity index (χ1v) is 7.44. The summed E-state index contributed by atoms with van der Waals surface area (Å²) in [5, 5.41) is 0. The summed E-state index contributed by atoms with van der Waals surface area (Å²) >= 11 is 0. The van der Waals surface area contributed by atoms with E-state index in [9.17, 15) is 9.59 Å². The van der Waals surface area contributed by atoms with Crippen molar-refractivity contribution in [2.24, 2.45) is 0 Å². The molecule has 6 nitrogen and oxygen atoms in total. The number of ether oxygens (including phenoxy) is 2. The molecule has 0 radical (unpaired) electrons. The predicted molar refractivity (Wildman–Crippen MR) is 82.0 cm³/mol. The number of anilines is 2. The van der Waals surface area contributed by atoms with E-state index in [2.05, 4.69) is 0 Å². The number of benzene rings is 1. The standard InChI is InChI=1S/C16H20N2O4/c1-11(19)17(7-15-9-21-15)13-3-5-14(6-4-13)18(12(2)20)8-16-10-22-16/h3-6,15-16H,7-10H2,1-2H3. The minimum absolute atomic E-state index is 0.0157. The van der Waals surface area contributed by atoms with Crippen LogP contribution in [0.25, 0.3) is 0 Å². The SMILES string of the molecule is CC(=O)N(CC1CO1)c1ccc(N(CC2CO2)C(C)=O)cc1. The van der Waals surface area contributed by atoms with Gasteiger partial charge in [-0.2, -0.15) is 0 Å². The van der Waals surface area contributed by atoms with Crippen molar-refractivity contribution in [3.8, 4) is 0 Å². The lowest BCUT2D eigenvalue weighted by Crippen LogP contribution is -2.33. The van der Waals surface area contributed by atoms with Crippen molar-refractivity contribution in [1.82, 2.24) is 0 Å². The van der Waals surface area contributed by atoms with E-state index in [1.807, 2.05) is 24.3 Å². The van der Waals surface area contributed by atoms with Crippen LogP contribution in [0.15, 0.2) is 24.3 Å². The van der Waals surface area contributed by atoms with Gasteiger partial charge in [-0.3, -0.25) is 9.59 Å². The maximum absolute atomic E-state index is 11.8. The Labute approximate surface area is 129 Å². The van der Waals surface area contributed by atoms with Gasteiger partial charge in [-0.25, -0.2) is 0 Å². The van der Waals surface area contributed by atoms with Crippen LogP contribution >= 0.6 is 0 Å². The van der Waals surface area contributed by atoms with Gasteiger partial charge in [0.25, 0.3) is 0 Å². The molecule has 2 saturated heterocycles. The van der Waals surface area contributed by atoms with Crippen LogP contribution in [-0.2, 0) is 19.1 Å². The number of epoxide rings is 2. The highest BCUT2D eigenvalue weighted by molar-refractivity contribution is 5.94. The molecule has 2 fully saturated rings. The monoisotopic (exact) mass is 304 g/mol. The fourth-order valence-corrected chi connectivity index (χ4v) is 2.40. The Morgan fingerprint density at radius 1 is 0.909 bits per heavy atom. The summed E-state index contributed by atoms with van der Waals surface area (Å²) in [4.78, 5) is 27.0. The van der Waals surface area contributed by atoms with Crippen molar-refractivity contribution < 1.29 is 19.1 Å². The maximum Gasteiger partial charge on any atom is 0.223 e. The summed E-state index contributed by atoms with van der Waals surface area (Å²) in [5.41, 5.74) is 1.64. The van der Waals surface area contributed by atoms with E-state index in [-0.39, 0.29) is 24.0 Å². The molecule has 0 aromatic heterocycles. The number of hydrogen-bond donors (Lipinski definition) is 0. The second kappa shape index (κ2) is 6.06. The Kier molecular flexibility index (Phi) is 4.13. The van der Waals surface area contributed by atoms with Gasteiger partial charge in [-0.1, -0.05) is 0 Å². The Balaban J connectivity index is 1.74. The average Bonchev–Trinajstić information content (AvgIpc) is 3.37. The zero-order chi connectivity index (χ0) is 15.7. The van der Waals surface area contributed by atoms with E-state index in [1.165, 1.54) is 0 Å². The summed E-state index contributed by atoms with van der Waals surface area (Å²) in [5.74, 6) is -0.0314. The molecule has 6 heteroatoms. The first kappa shape index (κ1) is 15.0. The lowest BCUT2D eigenvalue weighted by Gasteiger charge is -2.23. The van der Waals surface area contributed by atoms with Crippen LogP contribution in [-0.4, -0.2) is 50.3 Å². The second-order valence-corrected chi connectivity index (χ2v) is 5.69. The fraction of sp³-hybridized carbons (Fsp3) is 0.500. The molecule has 0 saturated carbocycles. The third kappa shape index (κ3) is 3.64. The van der Waals surface area contributed by atoms with Gasteiger partial charge in [-0.15, -0.1) is 0 Å². The number of nitrogens with zero attached hydrogens (tertiary/aromatic N) is 2. The quantitative estimate of drug-likeness (QED) is 0.741. The molecule has 2 atom stereocenters. The van der Waals surface area contributed by atoms with Crippen LogP contribution in [0.1, 0.15) is 13.8 Å². The van der Waals surface area contributed by atoms with E-state index >= 15 is 0 Å². The van der Waals surface area contributed by atoms with E-state index in [1.54, 1.807) is 23.6 Å². The van der Waals surface area contributed by atoms with E-state index in [0.29, 0.717) is 26.3 Å². The first-order valence-electron chi connectivity index (χ1n) is 7.44. The molecule has 2 heterocycles. The van der Waals surface area contributed by atoms with Crippen LogP contribution in [0.3, 0.4) is 0 Å². The molecular weight excluding hydrogens is 284 g/mol. The molecule has 0 N–H and O–H groups in total. The number of rotatable bonds is 6. The average molecular weight is 304 g/mol. The van der Waals surface area contributed by atoms with Gasteiger partial charge in [0.05, 0.1) is 38.5 Å². The Hall–Kier alpha value is -1.92. The molecule has 1 aromatic carbocycles. The zero-order valence-electron chi connectivity index (χ0n) is 12.8. The molecule has 2 amide bonds. The fourth-order valence-electron chi connectivity index (χ4n) is 2.40. The molecular formula is C16H20N2O4. The van der Waals surface area contributed by atoms with E-state index < -0.39 is 0 Å². The molecule has 0 bridgehead atoms. The largest absolute Gasteiger partial charge is 0.371 e. The molecule has 118 valence electrons. The molecule has 0 aliphatic carbocycles. The van der Waals surface area contributed by atoms with Gasteiger partial charge < -0.3 is 19.3 Å². The van der Waals surface area contributed by atoms with Crippen molar-refractivity contribution >= 4 is 23.2 Å². The minimum atomic E-state index is -0.0157. The summed E-state index contributed by atoms with van der Waals surface area (Å²) in [6, 6.07) is 7.46. The molecule has 3 rings (SSSR count). The smallest absolute Gasteiger partial charge is 0.223 e. The zero-order valence-corrected chi connectivity index (χ0v) is 12.8. The normalized spacial score (nSPS) is 22.1. The predicted octanol–water partition coefficient (Wildman–Crippen LogP) is 1.19. The van der Waals surface area contributed by atoms with Crippen molar-refractivity contribution in [1.29, 1.82) is 0 Å². The number of carbonyl (C=O) groups excluding carboxylic acids is 2. The summed E-state index contributed by atoms with van der Waals surface area (Å²) in [6.45, 7) is 5.65. The van der Waals surface area contributed by atoms with Gasteiger partial charge in [-0.05, 0) is 24.3 Å². The summed E-state index contributed by atoms with van der Waals surface area (Å²) in [7, 11) is 0. The van der Waals surface area contributed by atoms with Gasteiger partial charge >= 0.3 is 0 Å². The molecule has 0 spiro atoms. The van der Waals surface area contributed by atoms with Gasteiger partial charge in [0.2, 0.25) is 11.8 Å². The van der Waals surface area contributed by atoms with E-state index in [0.717, 1.165) is 11.4 Å². The topological polar surface area (TPSA) is 65.7 Å². The van der Waals surface area contributed by atoms with Crippen molar-refractivity contribution in [2.75, 3.05) is 36.1 Å². The van der Waals surface area contributed by atoms with Crippen molar-refractivity contribution in [3.63, 3.8) is 0 Å². The highest BCUT2D eigenvalue weighted by Gasteiger charge is 2.29. The second-order valence-electron chi connectivity index (χ2n) is 5.69. The highest BCUT2D eigenvalue weighted by Crippen LogP contribution is 2.25. The van der Waals surface area contributed by atoms with Gasteiger partial charge in [0, 0.05) is 25.2 Å². The Morgan fingerprint density at radius 2 is 1.23 bits per heavy atom. The maximum atomic E-state index is 11.8. The van der Waals surface area contributed by atoms with Gasteiger partial charge in [0.1, 0.15) is 0 Å². The van der Waals surface area contributed by atoms with Crippen LogP contribution in [0.2, 0.25) is 0 Å². The number of hydrogen-bond acceptors (Lipinski definition) is 4. The third-order valence-corrected chi connectivity index (χ3v) is 3.81. The first-order chi connectivity index (χ1) is 10.5. The van der Waals surface area contributed by atoms with Crippen LogP contribution in [0.5, 0.6) is 0 Å². The molecule has 2 unspecified atom stereocenters. The van der Waals surface area contributed by atoms with Crippen LogP contribution < -0.4 is 9.80 Å². The third-order valence-electron chi connectivity index (χ3n) is 3.81. The molecule has 2 aliphatic heterocycles. The minimum Gasteiger partial charge on any atom is -0.371 e. The molecule has 1 aromatic rings. The highest BCUT2D eigenvalue weighted by atomic mass is 16.6. The van der Waals surface area contributed by atoms with E-state index in [4.69, 9.17) is 9.47 Å². The van der Waals surface area contributed by atoms with Crippen molar-refractivity contribution in [3.05, 3.63) is 24.3 Å². The van der Waals surface area contributed by atoms with Crippen LogP contribution in [0.4, 0.5) is 11.4 Å². The Bertz CT molecular complexity index is 513. The molecule has 22 heavy (non-hydrogen) atoms. The lowest BCUT2D eigenvalue weighted by molar-refractivity contribution is -0.117. The lowest BCUT2D eigenvalue weighted by atomic mass is 10.2. The summed E-state index contributed by atoms with van der Waals surface area (Å²) < 4.78 is 10.4. The van der Waals surface area contributed by atoms with Crippen molar-refractivity contribution in [2.45, 2.75) is 26.1 Å². The summed E-state index contributed by atoms with van der Waals surface area (Å²) in [6.07, 6.45) is 0.286. The van der Waals surface area contributed by atoms with Crippen LogP contribution in [0, 0.1) is 0 Å². The Morgan fingerprint density at radius 3 is 1.45 bits per heavy atom. The van der Waals surface area contributed by atoms with Gasteiger partial charge in [0.15, 0.2) is 0 Å². The number of carbonyl (C=O) groups is 2. The molecule has 2 aliphatic rings. The number of amides is 2.